The molecule has 18 heavy (non-hydrogen) atoms. The largest absolute Gasteiger partial charge is 0.351 e. The predicted octanol–water partition coefficient (Wildman–Crippen LogP) is 3.87. The Bertz CT molecular complexity index is 321. The Labute approximate surface area is 111 Å². The molecule has 1 radical (unpaired) electrons. The second kappa shape index (κ2) is 9.69. The van der Waals surface area contributed by atoms with Gasteiger partial charge in [-0.15, -0.1) is 0 Å². The molecule has 1 aromatic rings. The zero-order valence-electron chi connectivity index (χ0n) is 11.3. The maximum Gasteiger partial charge on any atom is 0.220 e. The summed E-state index contributed by atoms with van der Waals surface area (Å²) in [7, 11) is 0. The molecule has 2 nitrogen and oxygen atoms in total. The lowest BCUT2D eigenvalue weighted by Crippen LogP contribution is -2.20. The molecule has 0 fully saturated rings. The van der Waals surface area contributed by atoms with E-state index in [-0.39, 0.29) is 5.91 Å². The van der Waals surface area contributed by atoms with Gasteiger partial charge in [0, 0.05) is 6.42 Å². The molecule has 1 rings (SSSR count). The highest BCUT2D eigenvalue weighted by atomic mass is 16.1. The van der Waals surface area contributed by atoms with Crippen LogP contribution >= 0.6 is 0 Å². The van der Waals surface area contributed by atoms with Crippen molar-refractivity contribution in [2.24, 2.45) is 0 Å². The number of carbonyl (C=O) groups is 1. The minimum atomic E-state index is 0.141. The average molecular weight is 246 g/mol. The van der Waals surface area contributed by atoms with Gasteiger partial charge in [-0.3, -0.25) is 4.79 Å². The summed E-state index contributed by atoms with van der Waals surface area (Å²) in [6.45, 7) is 4.05. The number of hydrogen-bond acceptors (Lipinski definition) is 1. The van der Waals surface area contributed by atoms with Crippen LogP contribution in [0.4, 0.5) is 0 Å². The zero-order chi connectivity index (χ0) is 13.1. The topological polar surface area (TPSA) is 29.1 Å². The Morgan fingerprint density at radius 2 is 1.83 bits per heavy atom. The quantitative estimate of drug-likeness (QED) is 0.658. The maximum absolute atomic E-state index is 11.5. The summed E-state index contributed by atoms with van der Waals surface area (Å²) in [4.78, 5) is 11.5. The summed E-state index contributed by atoms with van der Waals surface area (Å²) in [5, 5.41) is 2.86. The molecule has 2 heteroatoms. The maximum atomic E-state index is 11.5. The summed E-state index contributed by atoms with van der Waals surface area (Å²) in [5.41, 5.74) is 1.22. The SMILES string of the molecule is CCCCCCCC(=O)N[CH]Cc1ccccc1. The van der Waals surface area contributed by atoms with E-state index in [4.69, 9.17) is 0 Å². The smallest absolute Gasteiger partial charge is 0.220 e. The van der Waals surface area contributed by atoms with Gasteiger partial charge in [0.15, 0.2) is 0 Å². The van der Waals surface area contributed by atoms with Crippen molar-refractivity contribution in [3.63, 3.8) is 0 Å². The third-order valence-electron chi connectivity index (χ3n) is 2.95. The van der Waals surface area contributed by atoms with Gasteiger partial charge in [-0.25, -0.2) is 0 Å². The average Bonchev–Trinajstić information content (AvgIpc) is 2.40. The Morgan fingerprint density at radius 1 is 1.11 bits per heavy atom. The predicted molar refractivity (Wildman–Crippen MR) is 76.0 cm³/mol. The number of carbonyl (C=O) groups excluding carboxylic acids is 1. The molecule has 0 aliphatic carbocycles. The van der Waals surface area contributed by atoms with E-state index in [2.05, 4.69) is 24.4 Å². The van der Waals surface area contributed by atoms with Crippen LogP contribution < -0.4 is 5.32 Å². The monoisotopic (exact) mass is 246 g/mol. The van der Waals surface area contributed by atoms with Crippen molar-refractivity contribution in [1.82, 2.24) is 5.32 Å². The van der Waals surface area contributed by atoms with Gasteiger partial charge in [-0.1, -0.05) is 62.9 Å². The highest BCUT2D eigenvalue weighted by Gasteiger charge is 2.00. The molecule has 0 unspecified atom stereocenters. The molecule has 1 amide bonds. The number of amides is 1. The first-order chi connectivity index (χ1) is 8.83. The summed E-state index contributed by atoms with van der Waals surface area (Å²) in [6, 6.07) is 10.1. The summed E-state index contributed by atoms with van der Waals surface area (Å²) < 4.78 is 0. The number of hydrogen-bond donors (Lipinski definition) is 1. The standard InChI is InChI=1S/C16H24NO/c1-2-3-4-5-9-12-16(18)17-14-13-15-10-7-6-8-11-15/h6-8,10-11,14H,2-5,9,12-13H2,1H3,(H,17,18). The molecular formula is C16H24NO. The van der Waals surface area contributed by atoms with Crippen LogP contribution in [0.25, 0.3) is 0 Å². The molecule has 0 heterocycles. The van der Waals surface area contributed by atoms with E-state index in [0.29, 0.717) is 6.42 Å². The van der Waals surface area contributed by atoms with Crippen LogP contribution in [0.15, 0.2) is 30.3 Å². The van der Waals surface area contributed by atoms with Gasteiger partial charge in [0.2, 0.25) is 5.91 Å². The van der Waals surface area contributed by atoms with Crippen LogP contribution in [0.3, 0.4) is 0 Å². The van der Waals surface area contributed by atoms with E-state index in [1.54, 1.807) is 0 Å². The lowest BCUT2D eigenvalue weighted by Gasteiger charge is -2.04. The first kappa shape index (κ1) is 14.7. The van der Waals surface area contributed by atoms with Gasteiger partial charge >= 0.3 is 0 Å². The van der Waals surface area contributed by atoms with Crippen LogP contribution in [0.1, 0.15) is 51.0 Å². The zero-order valence-corrected chi connectivity index (χ0v) is 11.3. The minimum absolute atomic E-state index is 0.141. The van der Waals surface area contributed by atoms with Gasteiger partial charge in [0.25, 0.3) is 0 Å². The van der Waals surface area contributed by atoms with E-state index in [1.165, 1.54) is 31.2 Å². The summed E-state index contributed by atoms with van der Waals surface area (Å²) >= 11 is 0. The van der Waals surface area contributed by atoms with Crippen LogP contribution in [-0.4, -0.2) is 5.91 Å². The molecule has 0 bridgehead atoms. The number of nitrogens with one attached hydrogen (secondary N) is 1. The van der Waals surface area contributed by atoms with E-state index >= 15 is 0 Å². The normalized spacial score (nSPS) is 10.3. The van der Waals surface area contributed by atoms with Crippen LogP contribution in [0.2, 0.25) is 0 Å². The first-order valence-corrected chi connectivity index (χ1v) is 6.98. The fourth-order valence-corrected chi connectivity index (χ4v) is 1.86. The lowest BCUT2D eigenvalue weighted by molar-refractivity contribution is -0.120. The first-order valence-electron chi connectivity index (χ1n) is 6.98. The molecule has 0 aliphatic rings. The molecule has 1 N–H and O–H groups in total. The Kier molecular flexibility index (Phi) is 7.94. The van der Waals surface area contributed by atoms with E-state index < -0.39 is 0 Å². The molecule has 0 saturated heterocycles. The van der Waals surface area contributed by atoms with E-state index in [1.807, 2.05) is 24.7 Å². The second-order valence-corrected chi connectivity index (χ2v) is 4.63. The molecule has 99 valence electrons. The van der Waals surface area contributed by atoms with Crippen LogP contribution in [0.5, 0.6) is 0 Å². The van der Waals surface area contributed by atoms with Crippen molar-refractivity contribution in [3.8, 4) is 0 Å². The fraction of sp³-hybridized carbons (Fsp3) is 0.500. The minimum Gasteiger partial charge on any atom is -0.351 e. The molecule has 1 aromatic carbocycles. The van der Waals surface area contributed by atoms with Crippen molar-refractivity contribution in [2.45, 2.75) is 51.9 Å². The van der Waals surface area contributed by atoms with Crippen LogP contribution in [-0.2, 0) is 11.2 Å². The molecule has 0 atom stereocenters. The molecular weight excluding hydrogens is 222 g/mol. The van der Waals surface area contributed by atoms with E-state index in [0.717, 1.165) is 12.8 Å². The van der Waals surface area contributed by atoms with Crippen LogP contribution in [0, 0.1) is 6.54 Å². The van der Waals surface area contributed by atoms with Crippen molar-refractivity contribution in [1.29, 1.82) is 0 Å². The van der Waals surface area contributed by atoms with Gasteiger partial charge < -0.3 is 5.32 Å². The van der Waals surface area contributed by atoms with Gasteiger partial charge in [0.05, 0.1) is 6.54 Å². The summed E-state index contributed by atoms with van der Waals surface area (Å²) in [6.07, 6.45) is 7.39. The van der Waals surface area contributed by atoms with Crippen molar-refractivity contribution in [3.05, 3.63) is 42.4 Å². The fourth-order valence-electron chi connectivity index (χ4n) is 1.86. The van der Waals surface area contributed by atoms with Gasteiger partial charge in [0.1, 0.15) is 0 Å². The summed E-state index contributed by atoms with van der Waals surface area (Å²) in [5.74, 6) is 0.141. The Hall–Kier alpha value is -1.31. The molecule has 0 aliphatic heterocycles. The number of unbranched alkanes of at least 4 members (excludes halogenated alkanes) is 4. The number of benzene rings is 1. The number of rotatable bonds is 9. The Balaban J connectivity index is 2.00. The lowest BCUT2D eigenvalue weighted by atomic mass is 10.1. The van der Waals surface area contributed by atoms with Crippen molar-refractivity contribution < 1.29 is 4.79 Å². The van der Waals surface area contributed by atoms with Crippen molar-refractivity contribution in [2.75, 3.05) is 0 Å². The molecule has 0 saturated carbocycles. The third kappa shape index (κ3) is 7.10. The molecule has 0 spiro atoms. The van der Waals surface area contributed by atoms with E-state index in [9.17, 15) is 4.79 Å². The molecule has 0 aromatic heterocycles. The third-order valence-corrected chi connectivity index (χ3v) is 2.95. The van der Waals surface area contributed by atoms with Gasteiger partial charge in [-0.2, -0.15) is 0 Å². The van der Waals surface area contributed by atoms with Gasteiger partial charge in [-0.05, 0) is 18.4 Å². The second-order valence-electron chi connectivity index (χ2n) is 4.63. The highest BCUT2D eigenvalue weighted by molar-refractivity contribution is 5.76. The highest BCUT2D eigenvalue weighted by Crippen LogP contribution is 2.05. The van der Waals surface area contributed by atoms with Crippen molar-refractivity contribution >= 4 is 5.91 Å². The Morgan fingerprint density at radius 3 is 2.56 bits per heavy atom.